The quantitative estimate of drug-likeness (QED) is 0.834. The molecule has 21 heavy (non-hydrogen) atoms. The van der Waals surface area contributed by atoms with E-state index < -0.39 is 11.7 Å². The lowest BCUT2D eigenvalue weighted by atomic mass is 9.92. The Balaban J connectivity index is 2.17. The summed E-state index contributed by atoms with van der Waals surface area (Å²) in [6, 6.07) is 5.84. The maximum Gasteiger partial charge on any atom is 0.416 e. The fraction of sp³-hybridized carbons (Fsp3) is 0.625. The van der Waals surface area contributed by atoms with Crippen molar-refractivity contribution in [3.63, 3.8) is 0 Å². The number of hydrogen-bond acceptors (Lipinski definition) is 2. The topological polar surface area (TPSA) is 15.3 Å². The van der Waals surface area contributed by atoms with Gasteiger partial charge >= 0.3 is 6.18 Å². The first kappa shape index (κ1) is 16.3. The largest absolute Gasteiger partial charge is 0.416 e. The number of halogens is 3. The van der Waals surface area contributed by atoms with Gasteiger partial charge in [0, 0.05) is 6.04 Å². The molecular weight excluding hydrogens is 277 g/mol. The molecule has 1 aromatic carbocycles. The van der Waals surface area contributed by atoms with E-state index in [4.69, 9.17) is 0 Å². The summed E-state index contributed by atoms with van der Waals surface area (Å²) in [4.78, 5) is 2.16. The Bertz CT molecular complexity index is 459. The highest BCUT2D eigenvalue weighted by Gasteiger charge is 2.35. The highest BCUT2D eigenvalue weighted by molar-refractivity contribution is 5.29. The average molecular weight is 300 g/mol. The van der Waals surface area contributed by atoms with E-state index in [-0.39, 0.29) is 6.04 Å². The highest BCUT2D eigenvalue weighted by Crippen LogP contribution is 2.38. The van der Waals surface area contributed by atoms with Crippen LogP contribution < -0.4 is 5.32 Å². The average Bonchev–Trinajstić information content (AvgIpc) is 2.79. The molecule has 1 aromatic rings. The van der Waals surface area contributed by atoms with Crippen LogP contribution in [0.15, 0.2) is 24.3 Å². The van der Waals surface area contributed by atoms with E-state index in [0.29, 0.717) is 5.92 Å². The van der Waals surface area contributed by atoms with Gasteiger partial charge in [-0.05, 0) is 63.1 Å². The zero-order chi connectivity index (χ0) is 15.5. The molecule has 2 atom stereocenters. The van der Waals surface area contributed by atoms with Gasteiger partial charge in [0.25, 0.3) is 0 Å². The maximum atomic E-state index is 12.9. The zero-order valence-corrected chi connectivity index (χ0v) is 12.6. The van der Waals surface area contributed by atoms with Crippen molar-refractivity contribution in [3.8, 4) is 0 Å². The molecule has 1 saturated heterocycles. The standard InChI is InChI=1S/C16H23F3N2/c1-3-8-20-11-13-7-9-21(2)15(13)12-5-4-6-14(10-12)16(17,18)19/h4-6,10,13,15,20H,3,7-9,11H2,1-2H3. The van der Waals surface area contributed by atoms with Gasteiger partial charge in [-0.25, -0.2) is 0 Å². The Labute approximate surface area is 124 Å². The van der Waals surface area contributed by atoms with Crippen molar-refractivity contribution >= 4 is 0 Å². The molecule has 0 aromatic heterocycles. The van der Waals surface area contributed by atoms with E-state index >= 15 is 0 Å². The summed E-state index contributed by atoms with van der Waals surface area (Å²) in [6.07, 6.45) is -2.19. The second-order valence-electron chi connectivity index (χ2n) is 5.80. The van der Waals surface area contributed by atoms with Gasteiger partial charge in [-0.15, -0.1) is 0 Å². The number of rotatable bonds is 5. The molecule has 0 radical (unpaired) electrons. The first-order valence-electron chi connectivity index (χ1n) is 7.51. The Kier molecular flexibility index (Phi) is 5.27. The molecule has 1 N–H and O–H groups in total. The first-order chi connectivity index (χ1) is 9.93. The molecule has 0 amide bonds. The number of nitrogens with zero attached hydrogens (tertiary/aromatic N) is 1. The van der Waals surface area contributed by atoms with E-state index in [1.54, 1.807) is 0 Å². The summed E-state index contributed by atoms with van der Waals surface area (Å²) < 4.78 is 38.6. The Hall–Kier alpha value is -1.07. The van der Waals surface area contributed by atoms with Crippen LogP contribution in [0.5, 0.6) is 0 Å². The maximum absolute atomic E-state index is 12.9. The molecule has 2 rings (SSSR count). The first-order valence-corrected chi connectivity index (χ1v) is 7.51. The van der Waals surface area contributed by atoms with E-state index in [1.807, 2.05) is 13.1 Å². The van der Waals surface area contributed by atoms with Crippen LogP contribution in [0, 0.1) is 5.92 Å². The van der Waals surface area contributed by atoms with Crippen LogP contribution >= 0.6 is 0 Å². The monoisotopic (exact) mass is 300 g/mol. The van der Waals surface area contributed by atoms with Crippen LogP contribution in [0.3, 0.4) is 0 Å². The fourth-order valence-corrected chi connectivity index (χ4v) is 3.13. The molecule has 0 saturated carbocycles. The minimum absolute atomic E-state index is 0.0663. The number of alkyl halides is 3. The molecule has 1 heterocycles. The molecule has 0 aliphatic carbocycles. The van der Waals surface area contributed by atoms with Crippen LogP contribution in [-0.4, -0.2) is 31.6 Å². The van der Waals surface area contributed by atoms with E-state index in [9.17, 15) is 13.2 Å². The lowest BCUT2D eigenvalue weighted by Crippen LogP contribution is -2.29. The zero-order valence-electron chi connectivity index (χ0n) is 12.6. The third kappa shape index (κ3) is 3.98. The number of benzene rings is 1. The normalized spacial score (nSPS) is 23.7. The fourth-order valence-electron chi connectivity index (χ4n) is 3.13. The van der Waals surface area contributed by atoms with Crippen LogP contribution in [0.2, 0.25) is 0 Å². The summed E-state index contributed by atoms with van der Waals surface area (Å²) >= 11 is 0. The molecule has 2 unspecified atom stereocenters. The van der Waals surface area contributed by atoms with E-state index in [2.05, 4.69) is 17.1 Å². The summed E-state index contributed by atoms with van der Waals surface area (Å²) in [5.74, 6) is 0.366. The lowest BCUT2D eigenvalue weighted by Gasteiger charge is -2.26. The predicted molar refractivity (Wildman–Crippen MR) is 78.1 cm³/mol. The Morgan fingerprint density at radius 2 is 2.10 bits per heavy atom. The molecule has 0 bridgehead atoms. The van der Waals surface area contributed by atoms with Crippen LogP contribution in [-0.2, 0) is 6.18 Å². The number of hydrogen-bond donors (Lipinski definition) is 1. The smallest absolute Gasteiger partial charge is 0.316 e. The van der Waals surface area contributed by atoms with Crippen molar-refractivity contribution in [1.29, 1.82) is 0 Å². The van der Waals surface area contributed by atoms with Gasteiger partial charge in [-0.3, -0.25) is 4.90 Å². The lowest BCUT2D eigenvalue weighted by molar-refractivity contribution is -0.137. The second-order valence-corrected chi connectivity index (χ2v) is 5.80. The Morgan fingerprint density at radius 1 is 1.33 bits per heavy atom. The third-order valence-electron chi connectivity index (χ3n) is 4.16. The van der Waals surface area contributed by atoms with Gasteiger partial charge in [-0.2, -0.15) is 13.2 Å². The second kappa shape index (κ2) is 6.79. The van der Waals surface area contributed by atoms with Crippen molar-refractivity contribution in [2.45, 2.75) is 32.0 Å². The Morgan fingerprint density at radius 3 is 2.76 bits per heavy atom. The van der Waals surface area contributed by atoms with E-state index in [1.165, 1.54) is 12.1 Å². The van der Waals surface area contributed by atoms with Crippen molar-refractivity contribution < 1.29 is 13.2 Å². The van der Waals surface area contributed by atoms with Gasteiger partial charge in [0.1, 0.15) is 0 Å². The van der Waals surface area contributed by atoms with Crippen molar-refractivity contribution in [3.05, 3.63) is 35.4 Å². The summed E-state index contributed by atoms with van der Waals surface area (Å²) in [5.41, 5.74) is 0.216. The number of likely N-dealkylation sites (tertiary alicyclic amines) is 1. The summed E-state index contributed by atoms with van der Waals surface area (Å²) in [7, 11) is 1.99. The summed E-state index contributed by atoms with van der Waals surface area (Å²) in [6.45, 7) is 4.85. The summed E-state index contributed by atoms with van der Waals surface area (Å²) in [5, 5.41) is 3.39. The molecule has 1 aliphatic rings. The molecule has 0 spiro atoms. The highest BCUT2D eigenvalue weighted by atomic mass is 19.4. The van der Waals surface area contributed by atoms with Crippen LogP contribution in [0.25, 0.3) is 0 Å². The van der Waals surface area contributed by atoms with Gasteiger partial charge in [0.2, 0.25) is 0 Å². The van der Waals surface area contributed by atoms with Crippen LogP contribution in [0.4, 0.5) is 13.2 Å². The van der Waals surface area contributed by atoms with Crippen molar-refractivity contribution in [2.24, 2.45) is 5.92 Å². The minimum Gasteiger partial charge on any atom is -0.316 e. The third-order valence-corrected chi connectivity index (χ3v) is 4.16. The minimum atomic E-state index is -4.27. The molecule has 1 aliphatic heterocycles. The van der Waals surface area contributed by atoms with Gasteiger partial charge in [-0.1, -0.05) is 19.1 Å². The van der Waals surface area contributed by atoms with Gasteiger partial charge in [0.05, 0.1) is 5.56 Å². The predicted octanol–water partition coefficient (Wildman–Crippen LogP) is 3.70. The van der Waals surface area contributed by atoms with E-state index in [0.717, 1.165) is 44.1 Å². The van der Waals surface area contributed by atoms with Gasteiger partial charge in [0.15, 0.2) is 0 Å². The number of nitrogens with one attached hydrogen (secondary N) is 1. The van der Waals surface area contributed by atoms with Gasteiger partial charge < -0.3 is 5.32 Å². The van der Waals surface area contributed by atoms with Crippen LogP contribution in [0.1, 0.15) is 36.9 Å². The molecule has 5 heteroatoms. The van der Waals surface area contributed by atoms with Crippen molar-refractivity contribution in [2.75, 3.05) is 26.7 Å². The molecule has 1 fully saturated rings. The van der Waals surface area contributed by atoms with Crippen molar-refractivity contribution in [1.82, 2.24) is 10.2 Å². The molecule has 2 nitrogen and oxygen atoms in total. The molecular formula is C16H23F3N2. The SMILES string of the molecule is CCCNCC1CCN(C)C1c1cccc(C(F)(F)F)c1. The molecule has 118 valence electrons.